The molecule has 0 aliphatic heterocycles. The SMILES string of the molecule is CCCCN(CC)CC(=O)c1ccc(OC)c(N)c1. The van der Waals surface area contributed by atoms with Gasteiger partial charge in [-0.05, 0) is 37.7 Å². The second-order valence-electron chi connectivity index (χ2n) is 4.60. The number of nitrogens with zero attached hydrogens (tertiary/aromatic N) is 1. The van der Waals surface area contributed by atoms with Crippen LogP contribution in [-0.2, 0) is 0 Å². The minimum absolute atomic E-state index is 0.104. The Morgan fingerprint density at radius 3 is 2.63 bits per heavy atom. The van der Waals surface area contributed by atoms with Gasteiger partial charge in [-0.2, -0.15) is 0 Å². The molecule has 0 radical (unpaired) electrons. The molecule has 0 saturated carbocycles. The molecule has 2 N–H and O–H groups in total. The van der Waals surface area contributed by atoms with Crippen LogP contribution >= 0.6 is 0 Å². The average molecular weight is 264 g/mol. The molecule has 0 fully saturated rings. The molecule has 0 spiro atoms. The van der Waals surface area contributed by atoms with Gasteiger partial charge in [0.1, 0.15) is 5.75 Å². The fourth-order valence-electron chi connectivity index (χ4n) is 1.93. The molecule has 0 bridgehead atoms. The van der Waals surface area contributed by atoms with Crippen molar-refractivity contribution in [2.24, 2.45) is 0 Å². The van der Waals surface area contributed by atoms with Crippen LogP contribution in [0.15, 0.2) is 18.2 Å². The van der Waals surface area contributed by atoms with E-state index in [2.05, 4.69) is 18.7 Å². The van der Waals surface area contributed by atoms with E-state index in [9.17, 15) is 4.79 Å². The molecule has 0 amide bonds. The van der Waals surface area contributed by atoms with Crippen molar-refractivity contribution in [3.8, 4) is 5.75 Å². The van der Waals surface area contributed by atoms with Crippen molar-refractivity contribution in [2.45, 2.75) is 26.7 Å². The van der Waals surface area contributed by atoms with Crippen molar-refractivity contribution in [2.75, 3.05) is 32.5 Å². The van der Waals surface area contributed by atoms with E-state index < -0.39 is 0 Å². The number of likely N-dealkylation sites (N-methyl/N-ethyl adjacent to an activating group) is 1. The topological polar surface area (TPSA) is 55.6 Å². The number of benzene rings is 1. The summed E-state index contributed by atoms with van der Waals surface area (Å²) in [5.74, 6) is 0.710. The van der Waals surface area contributed by atoms with Crippen LogP contribution in [0.1, 0.15) is 37.0 Å². The van der Waals surface area contributed by atoms with Gasteiger partial charge in [-0.25, -0.2) is 0 Å². The van der Waals surface area contributed by atoms with Gasteiger partial charge in [0.05, 0.1) is 19.3 Å². The van der Waals surface area contributed by atoms with Gasteiger partial charge in [0.15, 0.2) is 5.78 Å². The number of nitrogen functional groups attached to an aromatic ring is 1. The number of rotatable bonds is 8. The highest BCUT2D eigenvalue weighted by atomic mass is 16.5. The quantitative estimate of drug-likeness (QED) is 0.579. The van der Waals surface area contributed by atoms with Gasteiger partial charge in [-0.15, -0.1) is 0 Å². The lowest BCUT2D eigenvalue weighted by Gasteiger charge is -2.19. The highest BCUT2D eigenvalue weighted by Crippen LogP contribution is 2.22. The van der Waals surface area contributed by atoms with E-state index in [1.807, 2.05) is 0 Å². The number of nitrogens with two attached hydrogens (primary N) is 1. The molecule has 0 aliphatic rings. The Morgan fingerprint density at radius 1 is 1.37 bits per heavy atom. The van der Waals surface area contributed by atoms with Crippen molar-refractivity contribution in [3.63, 3.8) is 0 Å². The summed E-state index contributed by atoms with van der Waals surface area (Å²) in [4.78, 5) is 14.3. The Bertz CT molecular complexity index is 419. The maximum absolute atomic E-state index is 12.2. The Kier molecular flexibility index (Phi) is 6.36. The van der Waals surface area contributed by atoms with Crippen molar-refractivity contribution < 1.29 is 9.53 Å². The summed E-state index contributed by atoms with van der Waals surface area (Å²) < 4.78 is 5.09. The highest BCUT2D eigenvalue weighted by Gasteiger charge is 2.12. The Labute approximate surface area is 115 Å². The largest absolute Gasteiger partial charge is 0.495 e. The van der Waals surface area contributed by atoms with Crippen LogP contribution in [0, 0.1) is 0 Å². The molecule has 1 rings (SSSR count). The maximum atomic E-state index is 12.2. The molecule has 0 heterocycles. The summed E-state index contributed by atoms with van der Waals surface area (Å²) in [5.41, 5.74) is 6.97. The fourth-order valence-corrected chi connectivity index (χ4v) is 1.93. The molecule has 4 heteroatoms. The van der Waals surface area contributed by atoms with Gasteiger partial charge >= 0.3 is 0 Å². The zero-order valence-electron chi connectivity index (χ0n) is 12.1. The molecule has 106 valence electrons. The minimum Gasteiger partial charge on any atom is -0.495 e. The summed E-state index contributed by atoms with van der Waals surface area (Å²) in [6, 6.07) is 5.20. The van der Waals surface area contributed by atoms with Crippen LogP contribution in [0.2, 0.25) is 0 Å². The molecule has 4 nitrogen and oxygen atoms in total. The number of methoxy groups -OCH3 is 1. The van der Waals surface area contributed by atoms with E-state index in [1.165, 1.54) is 0 Å². The average Bonchev–Trinajstić information content (AvgIpc) is 2.43. The van der Waals surface area contributed by atoms with Gasteiger partial charge in [-0.1, -0.05) is 20.3 Å². The number of carbonyl (C=O) groups is 1. The molecule has 0 saturated heterocycles. The monoisotopic (exact) mass is 264 g/mol. The maximum Gasteiger partial charge on any atom is 0.176 e. The molecule has 1 aromatic rings. The number of ketones is 1. The van der Waals surface area contributed by atoms with E-state index in [4.69, 9.17) is 10.5 Å². The second kappa shape index (κ2) is 7.79. The predicted octanol–water partition coefficient (Wildman–Crippen LogP) is 2.58. The summed E-state index contributed by atoms with van der Waals surface area (Å²) in [6.45, 7) is 6.52. The van der Waals surface area contributed by atoms with E-state index in [0.29, 0.717) is 23.5 Å². The first-order valence-electron chi connectivity index (χ1n) is 6.81. The van der Waals surface area contributed by atoms with Crippen LogP contribution in [0.4, 0.5) is 5.69 Å². The third-order valence-corrected chi connectivity index (χ3v) is 3.19. The van der Waals surface area contributed by atoms with Crippen molar-refractivity contribution in [3.05, 3.63) is 23.8 Å². The number of carbonyl (C=O) groups excluding carboxylic acids is 1. The number of anilines is 1. The second-order valence-corrected chi connectivity index (χ2v) is 4.60. The Hall–Kier alpha value is -1.55. The van der Waals surface area contributed by atoms with Gasteiger partial charge < -0.3 is 10.5 Å². The molecular weight excluding hydrogens is 240 g/mol. The third kappa shape index (κ3) is 4.56. The Morgan fingerprint density at radius 2 is 2.11 bits per heavy atom. The molecule has 19 heavy (non-hydrogen) atoms. The van der Waals surface area contributed by atoms with Crippen LogP contribution in [0.5, 0.6) is 5.75 Å². The number of hydrogen-bond acceptors (Lipinski definition) is 4. The van der Waals surface area contributed by atoms with Crippen LogP contribution in [0.25, 0.3) is 0 Å². The van der Waals surface area contributed by atoms with Crippen LogP contribution in [-0.4, -0.2) is 37.4 Å². The minimum atomic E-state index is 0.104. The first-order valence-corrected chi connectivity index (χ1v) is 6.81. The smallest absolute Gasteiger partial charge is 0.176 e. The first kappa shape index (κ1) is 15.5. The van der Waals surface area contributed by atoms with Crippen LogP contribution in [0.3, 0.4) is 0 Å². The zero-order chi connectivity index (χ0) is 14.3. The normalized spacial score (nSPS) is 10.7. The van der Waals surface area contributed by atoms with E-state index in [1.54, 1.807) is 25.3 Å². The lowest BCUT2D eigenvalue weighted by atomic mass is 10.1. The van der Waals surface area contributed by atoms with E-state index >= 15 is 0 Å². The lowest BCUT2D eigenvalue weighted by Crippen LogP contribution is -2.30. The van der Waals surface area contributed by atoms with Crippen molar-refractivity contribution >= 4 is 11.5 Å². The molecule has 0 atom stereocenters. The van der Waals surface area contributed by atoms with Crippen molar-refractivity contribution in [1.82, 2.24) is 4.90 Å². The summed E-state index contributed by atoms with van der Waals surface area (Å²) in [6.07, 6.45) is 2.26. The number of unbranched alkanes of at least 4 members (excludes halogenated alkanes) is 1. The molecule has 0 aromatic heterocycles. The molecule has 1 aromatic carbocycles. The van der Waals surface area contributed by atoms with Gasteiger partial charge in [0.25, 0.3) is 0 Å². The third-order valence-electron chi connectivity index (χ3n) is 3.19. The summed E-state index contributed by atoms with van der Waals surface area (Å²) in [5, 5.41) is 0. The van der Waals surface area contributed by atoms with Gasteiger partial charge in [0, 0.05) is 5.56 Å². The Balaban J connectivity index is 2.69. The molecule has 0 unspecified atom stereocenters. The number of hydrogen-bond donors (Lipinski definition) is 1. The fraction of sp³-hybridized carbons (Fsp3) is 0.533. The summed E-state index contributed by atoms with van der Waals surface area (Å²) >= 11 is 0. The van der Waals surface area contributed by atoms with E-state index in [0.717, 1.165) is 25.9 Å². The summed E-state index contributed by atoms with van der Waals surface area (Å²) in [7, 11) is 1.57. The highest BCUT2D eigenvalue weighted by molar-refractivity contribution is 5.98. The molecular formula is C15H24N2O2. The van der Waals surface area contributed by atoms with Crippen molar-refractivity contribution in [1.29, 1.82) is 0 Å². The lowest BCUT2D eigenvalue weighted by molar-refractivity contribution is 0.0933. The van der Waals surface area contributed by atoms with Gasteiger partial charge in [0.2, 0.25) is 0 Å². The zero-order valence-corrected chi connectivity index (χ0v) is 12.1. The number of ether oxygens (including phenoxy) is 1. The predicted molar refractivity (Wildman–Crippen MR) is 78.8 cm³/mol. The first-order chi connectivity index (χ1) is 9.12. The molecule has 0 aliphatic carbocycles. The van der Waals surface area contributed by atoms with Crippen LogP contribution < -0.4 is 10.5 Å². The van der Waals surface area contributed by atoms with E-state index in [-0.39, 0.29) is 5.78 Å². The van der Waals surface area contributed by atoms with Gasteiger partial charge in [-0.3, -0.25) is 9.69 Å². The number of Topliss-reactive ketones (excluding diaryl/α,β-unsaturated/α-hetero) is 1. The standard InChI is InChI=1S/C15H24N2O2/c1-4-6-9-17(5-2)11-14(18)12-7-8-15(19-3)13(16)10-12/h7-8,10H,4-6,9,11,16H2,1-3H3.